The van der Waals surface area contributed by atoms with E-state index >= 15 is 4.39 Å². The summed E-state index contributed by atoms with van der Waals surface area (Å²) < 4.78 is 82.4. The average Bonchev–Trinajstić information content (AvgIpc) is 3.26. The zero-order chi connectivity index (χ0) is 25.6. The summed E-state index contributed by atoms with van der Waals surface area (Å²) in [5.74, 6) is -8.93. The first-order chi connectivity index (χ1) is 17.3. The molecular weight excluding hydrogens is 487 g/mol. The Kier molecular flexibility index (Phi) is 6.22. The van der Waals surface area contributed by atoms with Gasteiger partial charge in [-0.1, -0.05) is 0 Å². The first-order valence-electron chi connectivity index (χ1n) is 10.9. The highest BCUT2D eigenvalue weighted by Gasteiger charge is 2.29. The molecule has 188 valence electrons. The number of nitrogen functional groups attached to an aromatic ring is 1. The third kappa shape index (κ3) is 4.11. The molecule has 2 atom stereocenters. The van der Waals surface area contributed by atoms with Gasteiger partial charge in [0.1, 0.15) is 34.4 Å². The number of hydrogen-bond donors (Lipinski definition) is 2. The molecule has 0 amide bonds. The fraction of sp³-hybridized carbons (Fsp3) is 0.250. The van der Waals surface area contributed by atoms with Crippen LogP contribution >= 0.6 is 0 Å². The summed E-state index contributed by atoms with van der Waals surface area (Å²) in [4.78, 5) is 8.69. The number of nitrogens with zero attached hydrogens (tertiary/aromatic N) is 3. The van der Waals surface area contributed by atoms with Crippen LogP contribution in [-0.2, 0) is 4.74 Å². The molecule has 0 saturated carbocycles. The van der Waals surface area contributed by atoms with Crippen molar-refractivity contribution >= 4 is 11.3 Å². The number of aromatic nitrogens is 3. The largest absolute Gasteiger partial charge is 0.451 e. The summed E-state index contributed by atoms with van der Waals surface area (Å²) >= 11 is 0. The van der Waals surface area contributed by atoms with Crippen LogP contribution in [0.15, 0.2) is 36.7 Å². The van der Waals surface area contributed by atoms with E-state index in [1.54, 1.807) is 10.6 Å². The van der Waals surface area contributed by atoms with Crippen molar-refractivity contribution in [2.45, 2.75) is 24.9 Å². The van der Waals surface area contributed by atoms with Crippen molar-refractivity contribution in [2.24, 2.45) is 0 Å². The zero-order valence-corrected chi connectivity index (χ0v) is 18.5. The van der Waals surface area contributed by atoms with Gasteiger partial charge < -0.3 is 20.3 Å². The van der Waals surface area contributed by atoms with Crippen LogP contribution in [0.5, 0.6) is 11.5 Å². The van der Waals surface area contributed by atoms with Gasteiger partial charge in [-0.15, -0.1) is 0 Å². The number of anilines is 1. The number of aliphatic hydroxyl groups is 1. The van der Waals surface area contributed by atoms with Gasteiger partial charge in [0.2, 0.25) is 17.4 Å². The van der Waals surface area contributed by atoms with E-state index in [-0.39, 0.29) is 41.8 Å². The third-order valence-electron chi connectivity index (χ3n) is 6.04. The molecule has 1 aliphatic heterocycles. The van der Waals surface area contributed by atoms with Crippen molar-refractivity contribution < 1.29 is 36.5 Å². The molecule has 3 heterocycles. The molecule has 1 fully saturated rings. The lowest BCUT2D eigenvalue weighted by atomic mass is 9.98. The minimum absolute atomic E-state index is 0.0119. The second-order valence-electron chi connectivity index (χ2n) is 8.30. The Bertz CT molecular complexity index is 1430. The summed E-state index contributed by atoms with van der Waals surface area (Å²) in [6, 6.07) is 3.27. The Hall–Kier alpha value is -3.77. The zero-order valence-electron chi connectivity index (χ0n) is 18.5. The Balaban J connectivity index is 1.53. The van der Waals surface area contributed by atoms with Gasteiger partial charge >= 0.3 is 0 Å². The molecule has 1 saturated heterocycles. The Morgan fingerprint density at radius 1 is 1.06 bits per heavy atom. The van der Waals surface area contributed by atoms with E-state index in [0.29, 0.717) is 30.8 Å². The van der Waals surface area contributed by atoms with E-state index in [1.165, 1.54) is 18.3 Å². The predicted octanol–water partition coefficient (Wildman–Crippen LogP) is 4.72. The minimum Gasteiger partial charge on any atom is -0.451 e. The highest BCUT2D eigenvalue weighted by molar-refractivity contribution is 5.85. The van der Waals surface area contributed by atoms with Crippen LogP contribution in [0.2, 0.25) is 0 Å². The van der Waals surface area contributed by atoms with Gasteiger partial charge in [-0.05, 0) is 25.0 Å². The molecule has 0 bridgehead atoms. The number of nitrogens with two attached hydrogens (primary N) is 1. The molecule has 2 aromatic carbocycles. The third-order valence-corrected chi connectivity index (χ3v) is 6.04. The summed E-state index contributed by atoms with van der Waals surface area (Å²) in [5, 5.41) is 9.31. The van der Waals surface area contributed by atoms with E-state index in [1.807, 2.05) is 0 Å². The number of aliphatic hydroxyl groups excluding tert-OH is 1. The first kappa shape index (κ1) is 23.9. The number of benzene rings is 2. The van der Waals surface area contributed by atoms with Gasteiger partial charge in [0, 0.05) is 36.0 Å². The number of imidazole rings is 1. The van der Waals surface area contributed by atoms with Crippen molar-refractivity contribution in [1.82, 2.24) is 14.4 Å². The van der Waals surface area contributed by atoms with E-state index in [2.05, 4.69) is 9.97 Å². The maximum absolute atomic E-state index is 15.2. The van der Waals surface area contributed by atoms with Crippen molar-refractivity contribution in [3.63, 3.8) is 0 Å². The number of halogens is 5. The van der Waals surface area contributed by atoms with Gasteiger partial charge in [-0.2, -0.15) is 8.78 Å². The van der Waals surface area contributed by atoms with Gasteiger partial charge in [-0.25, -0.2) is 23.1 Å². The van der Waals surface area contributed by atoms with Crippen molar-refractivity contribution in [3.8, 4) is 22.8 Å². The normalized spacial score (nSPS) is 18.1. The van der Waals surface area contributed by atoms with Crippen molar-refractivity contribution in [2.75, 3.05) is 18.9 Å². The Morgan fingerprint density at radius 3 is 2.44 bits per heavy atom. The smallest absolute Gasteiger partial charge is 0.204 e. The van der Waals surface area contributed by atoms with Crippen LogP contribution in [-0.4, -0.2) is 38.8 Å². The summed E-state index contributed by atoms with van der Waals surface area (Å²) in [7, 11) is 0. The van der Waals surface area contributed by atoms with Crippen molar-refractivity contribution in [1.29, 1.82) is 0 Å². The molecule has 0 aliphatic carbocycles. The maximum Gasteiger partial charge on any atom is 0.204 e. The quantitative estimate of drug-likeness (QED) is 0.301. The Labute approximate surface area is 200 Å². The van der Waals surface area contributed by atoms with Crippen LogP contribution in [0.25, 0.3) is 16.8 Å². The molecule has 7 nitrogen and oxygen atoms in total. The summed E-state index contributed by atoms with van der Waals surface area (Å²) in [6.45, 7) is 0.204. The Morgan fingerprint density at radius 2 is 1.81 bits per heavy atom. The fourth-order valence-corrected chi connectivity index (χ4v) is 4.23. The lowest BCUT2D eigenvalue weighted by Gasteiger charge is -2.27. The van der Waals surface area contributed by atoms with E-state index < -0.39 is 40.6 Å². The lowest BCUT2D eigenvalue weighted by Crippen LogP contribution is -2.28. The van der Waals surface area contributed by atoms with Crippen molar-refractivity contribution in [3.05, 3.63) is 71.6 Å². The van der Waals surface area contributed by atoms with Crippen LogP contribution < -0.4 is 10.5 Å². The second-order valence-corrected chi connectivity index (χ2v) is 8.30. The number of fused-ring (bicyclic) bond motifs is 1. The maximum atomic E-state index is 15.2. The highest BCUT2D eigenvalue weighted by Crippen LogP contribution is 2.37. The van der Waals surface area contributed by atoms with E-state index in [9.17, 15) is 22.7 Å². The molecule has 2 unspecified atom stereocenters. The summed E-state index contributed by atoms with van der Waals surface area (Å²) in [6.07, 6.45) is 4.13. The predicted molar refractivity (Wildman–Crippen MR) is 118 cm³/mol. The van der Waals surface area contributed by atoms with Crippen LogP contribution in [0.3, 0.4) is 0 Å². The second kappa shape index (κ2) is 9.36. The first-order valence-corrected chi connectivity index (χ1v) is 10.9. The van der Waals surface area contributed by atoms with E-state index in [4.69, 9.17) is 15.2 Å². The SMILES string of the molecule is Nc1nccn2c(C3CCC(CO)OC3)nc(-c3ccc(Oc4c(F)c(F)cc(F)c4F)cc3F)c12. The molecule has 1 aliphatic rings. The van der Waals surface area contributed by atoms with Crippen LogP contribution in [0.1, 0.15) is 24.6 Å². The topological polar surface area (TPSA) is 94.9 Å². The molecule has 4 aromatic rings. The summed E-state index contributed by atoms with van der Waals surface area (Å²) in [5.41, 5.74) is 6.58. The van der Waals surface area contributed by atoms with Gasteiger partial charge in [0.25, 0.3) is 0 Å². The number of ether oxygens (including phenoxy) is 2. The van der Waals surface area contributed by atoms with E-state index in [0.717, 1.165) is 6.07 Å². The molecular formula is C24H19F5N4O3. The minimum atomic E-state index is -1.75. The molecule has 2 aromatic heterocycles. The van der Waals surface area contributed by atoms with Gasteiger partial charge in [0.15, 0.2) is 11.6 Å². The van der Waals surface area contributed by atoms with Gasteiger partial charge in [0.05, 0.1) is 19.3 Å². The number of rotatable bonds is 5. The molecule has 3 N–H and O–H groups in total. The average molecular weight is 506 g/mol. The standard InChI is InChI=1S/C24H19F5N4O3/c25-15-7-12(36-22-18(28)16(26)8-17(27)19(22)29)3-4-14(15)20-21-23(30)31-5-6-33(21)24(32-20)11-1-2-13(9-34)35-10-11/h3-8,11,13,34H,1-2,9-10H2,(H2,30,31). The number of hydrogen-bond acceptors (Lipinski definition) is 6. The fourth-order valence-electron chi connectivity index (χ4n) is 4.23. The molecule has 5 rings (SSSR count). The van der Waals surface area contributed by atoms with Crippen LogP contribution in [0, 0.1) is 29.1 Å². The molecule has 0 radical (unpaired) electrons. The highest BCUT2D eigenvalue weighted by atomic mass is 19.2. The van der Waals surface area contributed by atoms with Gasteiger partial charge in [-0.3, -0.25) is 4.40 Å². The monoisotopic (exact) mass is 506 g/mol. The van der Waals surface area contributed by atoms with Crippen LogP contribution in [0.4, 0.5) is 27.8 Å². The molecule has 12 heteroatoms. The molecule has 36 heavy (non-hydrogen) atoms. The lowest BCUT2D eigenvalue weighted by molar-refractivity contribution is -0.0282. The molecule has 0 spiro atoms.